The second kappa shape index (κ2) is 8.03. The molecule has 1 amide bonds. The molecule has 1 fully saturated rings. The van der Waals surface area contributed by atoms with Crippen molar-refractivity contribution in [2.45, 2.75) is 52.1 Å². The van der Waals surface area contributed by atoms with E-state index in [0.29, 0.717) is 6.04 Å². The van der Waals surface area contributed by atoms with Gasteiger partial charge < -0.3 is 15.4 Å². The molecule has 21 heavy (non-hydrogen) atoms. The number of benzene rings is 1. The van der Waals surface area contributed by atoms with E-state index in [1.54, 1.807) is 0 Å². The van der Waals surface area contributed by atoms with Crippen LogP contribution in [0.5, 0.6) is 5.75 Å². The third kappa shape index (κ3) is 4.74. The Morgan fingerprint density at radius 3 is 2.81 bits per heavy atom. The first-order chi connectivity index (χ1) is 10.2. The molecule has 0 radical (unpaired) electrons. The summed E-state index contributed by atoms with van der Waals surface area (Å²) in [4.78, 5) is 12.0. The van der Waals surface area contributed by atoms with Crippen LogP contribution in [-0.2, 0) is 11.3 Å². The first kappa shape index (κ1) is 15.8. The van der Waals surface area contributed by atoms with Crippen molar-refractivity contribution in [3.63, 3.8) is 0 Å². The summed E-state index contributed by atoms with van der Waals surface area (Å²) in [6.45, 7) is 5.86. The maximum absolute atomic E-state index is 12.0. The van der Waals surface area contributed by atoms with Crippen LogP contribution in [0, 0.1) is 6.92 Å². The summed E-state index contributed by atoms with van der Waals surface area (Å²) in [5, 5.41) is 6.35. The number of carbonyl (C=O) groups is 1. The Kier molecular flexibility index (Phi) is 6.05. The maximum atomic E-state index is 12.0. The summed E-state index contributed by atoms with van der Waals surface area (Å²) < 4.78 is 5.79. The molecule has 0 aliphatic heterocycles. The Morgan fingerprint density at radius 1 is 1.33 bits per heavy atom. The summed E-state index contributed by atoms with van der Waals surface area (Å²) in [6, 6.07) is 6.42. The molecule has 4 nitrogen and oxygen atoms in total. The number of amides is 1. The third-order valence-electron chi connectivity index (χ3n) is 3.93. The van der Waals surface area contributed by atoms with Crippen molar-refractivity contribution in [3.8, 4) is 5.75 Å². The number of hydrogen-bond acceptors (Lipinski definition) is 3. The predicted octanol–water partition coefficient (Wildman–Crippen LogP) is 2.54. The molecule has 1 aliphatic rings. The Balaban J connectivity index is 1.90. The van der Waals surface area contributed by atoms with Crippen molar-refractivity contribution in [1.82, 2.24) is 10.6 Å². The van der Waals surface area contributed by atoms with Crippen LogP contribution >= 0.6 is 0 Å². The van der Waals surface area contributed by atoms with E-state index in [1.807, 2.05) is 25.1 Å². The van der Waals surface area contributed by atoms with Gasteiger partial charge >= 0.3 is 0 Å². The summed E-state index contributed by atoms with van der Waals surface area (Å²) in [7, 11) is 0. The standard InChI is InChI=1S/C17H26N2O2/c1-3-18-11-14-8-6-7-13(2)17(14)21-12-16(20)19-15-9-4-5-10-15/h6-8,15,18H,3-5,9-12H2,1-2H3,(H,19,20). The third-order valence-corrected chi connectivity index (χ3v) is 3.93. The molecule has 4 heteroatoms. The molecule has 0 spiro atoms. The summed E-state index contributed by atoms with van der Waals surface area (Å²) >= 11 is 0. The number of para-hydroxylation sites is 1. The first-order valence-corrected chi connectivity index (χ1v) is 7.92. The fourth-order valence-electron chi connectivity index (χ4n) is 2.80. The lowest BCUT2D eigenvalue weighted by molar-refractivity contribution is -0.123. The van der Waals surface area contributed by atoms with Gasteiger partial charge in [-0.05, 0) is 31.9 Å². The van der Waals surface area contributed by atoms with Gasteiger partial charge in [0.1, 0.15) is 5.75 Å². The van der Waals surface area contributed by atoms with E-state index in [2.05, 4.69) is 17.6 Å². The molecule has 1 aromatic carbocycles. The molecule has 2 N–H and O–H groups in total. The Bertz CT molecular complexity index is 468. The zero-order valence-corrected chi connectivity index (χ0v) is 13.1. The highest BCUT2D eigenvalue weighted by molar-refractivity contribution is 5.78. The maximum Gasteiger partial charge on any atom is 0.258 e. The van der Waals surface area contributed by atoms with Gasteiger partial charge in [0.05, 0.1) is 0 Å². The lowest BCUT2D eigenvalue weighted by Crippen LogP contribution is -2.36. The second-order valence-electron chi connectivity index (χ2n) is 5.68. The zero-order chi connectivity index (χ0) is 15.1. The molecule has 116 valence electrons. The van der Waals surface area contributed by atoms with Crippen LogP contribution in [0.4, 0.5) is 0 Å². The van der Waals surface area contributed by atoms with Crippen molar-refractivity contribution >= 4 is 5.91 Å². The Labute approximate surface area is 127 Å². The lowest BCUT2D eigenvalue weighted by atomic mass is 10.1. The highest BCUT2D eigenvalue weighted by Crippen LogP contribution is 2.23. The van der Waals surface area contributed by atoms with E-state index in [4.69, 9.17) is 4.74 Å². The van der Waals surface area contributed by atoms with Crippen LogP contribution in [0.25, 0.3) is 0 Å². The molecule has 0 heterocycles. The summed E-state index contributed by atoms with van der Waals surface area (Å²) in [6.07, 6.45) is 4.64. The SMILES string of the molecule is CCNCc1cccc(C)c1OCC(=O)NC1CCCC1. The van der Waals surface area contributed by atoms with Crippen molar-refractivity contribution in [3.05, 3.63) is 29.3 Å². The minimum atomic E-state index is -0.0143. The van der Waals surface area contributed by atoms with Gasteiger partial charge in [0.2, 0.25) is 0 Å². The normalized spacial score (nSPS) is 15.1. The van der Waals surface area contributed by atoms with Gasteiger partial charge in [-0.15, -0.1) is 0 Å². The quantitative estimate of drug-likeness (QED) is 0.811. The molecule has 1 aliphatic carbocycles. The summed E-state index contributed by atoms with van der Waals surface area (Å²) in [5.41, 5.74) is 2.17. The number of aryl methyl sites for hydroxylation is 1. The fourth-order valence-corrected chi connectivity index (χ4v) is 2.80. The van der Waals surface area contributed by atoms with Crippen LogP contribution in [0.2, 0.25) is 0 Å². The average Bonchev–Trinajstić information content (AvgIpc) is 2.97. The highest BCUT2D eigenvalue weighted by atomic mass is 16.5. The van der Waals surface area contributed by atoms with Crippen molar-refractivity contribution in [2.24, 2.45) is 0 Å². The zero-order valence-electron chi connectivity index (χ0n) is 13.1. The minimum absolute atomic E-state index is 0.0143. The van der Waals surface area contributed by atoms with Crippen LogP contribution in [0.15, 0.2) is 18.2 Å². The number of hydrogen-bond donors (Lipinski definition) is 2. The highest BCUT2D eigenvalue weighted by Gasteiger charge is 2.17. The molecule has 1 saturated carbocycles. The average molecular weight is 290 g/mol. The molecule has 0 unspecified atom stereocenters. The Morgan fingerprint density at radius 2 is 2.10 bits per heavy atom. The van der Waals surface area contributed by atoms with Crippen LogP contribution < -0.4 is 15.4 Å². The number of nitrogens with one attached hydrogen (secondary N) is 2. The van der Waals surface area contributed by atoms with Crippen molar-refractivity contribution < 1.29 is 9.53 Å². The van der Waals surface area contributed by atoms with Crippen LogP contribution in [0.3, 0.4) is 0 Å². The molecule has 0 bridgehead atoms. The molecule has 0 atom stereocenters. The summed E-state index contributed by atoms with van der Waals surface area (Å²) in [5.74, 6) is 0.819. The largest absolute Gasteiger partial charge is 0.483 e. The smallest absolute Gasteiger partial charge is 0.258 e. The molecule has 0 saturated heterocycles. The topological polar surface area (TPSA) is 50.4 Å². The second-order valence-corrected chi connectivity index (χ2v) is 5.68. The molecular formula is C17H26N2O2. The number of ether oxygens (including phenoxy) is 1. The van der Waals surface area contributed by atoms with Crippen LogP contribution in [0.1, 0.15) is 43.7 Å². The number of rotatable bonds is 7. The van der Waals surface area contributed by atoms with E-state index in [0.717, 1.165) is 42.8 Å². The fraction of sp³-hybridized carbons (Fsp3) is 0.588. The first-order valence-electron chi connectivity index (χ1n) is 7.92. The monoisotopic (exact) mass is 290 g/mol. The van der Waals surface area contributed by atoms with E-state index in [1.165, 1.54) is 12.8 Å². The van der Waals surface area contributed by atoms with E-state index in [-0.39, 0.29) is 12.5 Å². The molecule has 1 aromatic rings. The molecular weight excluding hydrogens is 264 g/mol. The minimum Gasteiger partial charge on any atom is -0.483 e. The van der Waals surface area contributed by atoms with E-state index in [9.17, 15) is 4.79 Å². The van der Waals surface area contributed by atoms with Crippen molar-refractivity contribution in [2.75, 3.05) is 13.2 Å². The Hall–Kier alpha value is -1.55. The van der Waals surface area contributed by atoms with Gasteiger partial charge in [-0.25, -0.2) is 0 Å². The van der Waals surface area contributed by atoms with Crippen molar-refractivity contribution in [1.29, 1.82) is 0 Å². The van der Waals surface area contributed by atoms with E-state index >= 15 is 0 Å². The van der Waals surface area contributed by atoms with Gasteiger partial charge in [-0.2, -0.15) is 0 Å². The molecule has 2 rings (SSSR count). The van der Waals surface area contributed by atoms with Gasteiger partial charge in [-0.3, -0.25) is 4.79 Å². The van der Waals surface area contributed by atoms with Gasteiger partial charge in [0, 0.05) is 18.2 Å². The van der Waals surface area contributed by atoms with E-state index < -0.39 is 0 Å². The van der Waals surface area contributed by atoms with Gasteiger partial charge in [-0.1, -0.05) is 38.0 Å². The molecule has 0 aromatic heterocycles. The van der Waals surface area contributed by atoms with Gasteiger partial charge in [0.15, 0.2) is 6.61 Å². The van der Waals surface area contributed by atoms with Crippen LogP contribution in [-0.4, -0.2) is 25.1 Å². The lowest BCUT2D eigenvalue weighted by Gasteiger charge is -2.16. The predicted molar refractivity (Wildman–Crippen MR) is 84.5 cm³/mol. The van der Waals surface area contributed by atoms with Gasteiger partial charge in [0.25, 0.3) is 5.91 Å². The number of carbonyl (C=O) groups excluding carboxylic acids is 1.